The molecule has 10 heteroatoms. The van der Waals surface area contributed by atoms with Gasteiger partial charge in [0, 0.05) is 28.9 Å². The lowest BCUT2D eigenvalue weighted by molar-refractivity contribution is -0.137. The summed E-state index contributed by atoms with van der Waals surface area (Å²) < 4.78 is 53.2. The Morgan fingerprint density at radius 1 is 1.11 bits per heavy atom. The van der Waals surface area contributed by atoms with E-state index in [0.717, 1.165) is 36.4 Å². The maximum absolute atomic E-state index is 14.6. The topological polar surface area (TPSA) is 79.3 Å². The standard InChI is InChI=1S/C25H20F4N2O3S/c26-19-10-14(25(27,28)29)4-7-18(19)24(8-9-24)23(34)31-15-5-6-16(17(11-15)22(32)33)20-12-30-21(35-20)13-2-1-3-13/h4-7,10-13H,1-3,8-9H2,(H,31,34)(H,32,33). The average molecular weight is 505 g/mol. The van der Waals surface area contributed by atoms with Crippen LogP contribution in [0.3, 0.4) is 0 Å². The highest BCUT2D eigenvalue weighted by atomic mass is 32.1. The minimum Gasteiger partial charge on any atom is -0.478 e. The molecule has 0 bridgehead atoms. The summed E-state index contributed by atoms with van der Waals surface area (Å²) in [6.07, 6.45) is 0.822. The zero-order chi connectivity index (χ0) is 25.0. The summed E-state index contributed by atoms with van der Waals surface area (Å²) in [7, 11) is 0. The maximum atomic E-state index is 14.6. The van der Waals surface area contributed by atoms with Gasteiger partial charge in [-0.15, -0.1) is 11.3 Å². The molecule has 1 amide bonds. The number of benzene rings is 2. The number of aromatic nitrogens is 1. The number of carboxylic acid groups (broad SMARTS) is 1. The molecule has 2 aliphatic rings. The molecule has 0 unspecified atom stereocenters. The van der Waals surface area contributed by atoms with E-state index < -0.39 is 34.8 Å². The fourth-order valence-electron chi connectivity index (χ4n) is 4.34. The Balaban J connectivity index is 1.39. The van der Waals surface area contributed by atoms with Crippen molar-refractivity contribution >= 4 is 28.9 Å². The third-order valence-electron chi connectivity index (χ3n) is 6.75. The number of alkyl halides is 3. The number of amides is 1. The number of anilines is 1. The Kier molecular flexibility index (Phi) is 5.66. The molecule has 0 aliphatic heterocycles. The molecule has 0 spiro atoms. The smallest absolute Gasteiger partial charge is 0.416 e. The van der Waals surface area contributed by atoms with Crippen molar-refractivity contribution in [2.45, 2.75) is 49.6 Å². The van der Waals surface area contributed by atoms with Gasteiger partial charge in [-0.25, -0.2) is 14.2 Å². The van der Waals surface area contributed by atoms with Gasteiger partial charge in [0.15, 0.2) is 0 Å². The van der Waals surface area contributed by atoms with Gasteiger partial charge in [-0.3, -0.25) is 4.79 Å². The molecule has 2 aliphatic carbocycles. The quantitative estimate of drug-likeness (QED) is 0.371. The number of carbonyl (C=O) groups excluding carboxylic acids is 1. The third-order valence-corrected chi connectivity index (χ3v) is 7.94. The maximum Gasteiger partial charge on any atom is 0.416 e. The molecule has 2 aromatic carbocycles. The van der Waals surface area contributed by atoms with Gasteiger partial charge in [0.2, 0.25) is 5.91 Å². The molecule has 5 nitrogen and oxygen atoms in total. The highest BCUT2D eigenvalue weighted by Gasteiger charge is 2.53. The number of rotatable bonds is 6. The van der Waals surface area contributed by atoms with E-state index in [9.17, 15) is 32.3 Å². The van der Waals surface area contributed by atoms with Gasteiger partial charge in [0.25, 0.3) is 0 Å². The fraction of sp³-hybridized carbons (Fsp3) is 0.320. The van der Waals surface area contributed by atoms with Crippen molar-refractivity contribution in [2.75, 3.05) is 5.32 Å². The Labute approximate surface area is 201 Å². The Bertz CT molecular complexity index is 1330. The first-order valence-corrected chi connectivity index (χ1v) is 11.9. The van der Waals surface area contributed by atoms with Crippen LogP contribution in [0.2, 0.25) is 0 Å². The van der Waals surface area contributed by atoms with E-state index in [1.807, 2.05) is 0 Å². The van der Waals surface area contributed by atoms with Crippen molar-refractivity contribution in [1.29, 1.82) is 0 Å². The number of hydrogen-bond acceptors (Lipinski definition) is 4. The van der Waals surface area contributed by atoms with Crippen LogP contribution in [0.15, 0.2) is 42.6 Å². The predicted molar refractivity (Wildman–Crippen MR) is 122 cm³/mol. The van der Waals surface area contributed by atoms with E-state index in [4.69, 9.17) is 0 Å². The highest BCUT2D eigenvalue weighted by molar-refractivity contribution is 7.15. The molecule has 3 aromatic rings. The molecule has 2 fully saturated rings. The minimum absolute atomic E-state index is 0.0165. The molecule has 2 N–H and O–H groups in total. The van der Waals surface area contributed by atoms with Crippen LogP contribution in [0.1, 0.15) is 64.5 Å². The Hall–Kier alpha value is -3.27. The Morgan fingerprint density at radius 2 is 1.86 bits per heavy atom. The van der Waals surface area contributed by atoms with E-state index in [0.29, 0.717) is 22.4 Å². The first-order valence-electron chi connectivity index (χ1n) is 11.1. The largest absolute Gasteiger partial charge is 0.478 e. The van der Waals surface area contributed by atoms with Crippen LogP contribution in [0, 0.1) is 5.82 Å². The molecule has 2 saturated carbocycles. The van der Waals surface area contributed by atoms with Crippen LogP contribution in [0.5, 0.6) is 0 Å². The number of carboxylic acids is 1. The lowest BCUT2D eigenvalue weighted by Crippen LogP contribution is -2.29. The van der Waals surface area contributed by atoms with Crippen molar-refractivity contribution in [1.82, 2.24) is 4.98 Å². The van der Waals surface area contributed by atoms with Crippen LogP contribution in [-0.4, -0.2) is 22.0 Å². The highest BCUT2D eigenvalue weighted by Crippen LogP contribution is 2.50. The van der Waals surface area contributed by atoms with Crippen molar-refractivity contribution in [2.24, 2.45) is 0 Å². The van der Waals surface area contributed by atoms with Crippen LogP contribution < -0.4 is 5.32 Å². The summed E-state index contributed by atoms with van der Waals surface area (Å²) in [6.45, 7) is 0. The number of nitrogens with zero attached hydrogens (tertiary/aromatic N) is 1. The molecule has 1 heterocycles. The van der Waals surface area contributed by atoms with E-state index in [1.165, 1.54) is 17.4 Å². The number of aromatic carboxylic acids is 1. The van der Waals surface area contributed by atoms with E-state index in [1.54, 1.807) is 18.3 Å². The van der Waals surface area contributed by atoms with E-state index in [-0.39, 0.29) is 29.7 Å². The monoisotopic (exact) mass is 504 g/mol. The number of halogens is 4. The summed E-state index contributed by atoms with van der Waals surface area (Å²) >= 11 is 1.45. The van der Waals surface area contributed by atoms with Gasteiger partial charge in [-0.1, -0.05) is 18.6 Å². The van der Waals surface area contributed by atoms with E-state index >= 15 is 0 Å². The molecule has 35 heavy (non-hydrogen) atoms. The van der Waals surface area contributed by atoms with Crippen molar-refractivity contribution in [3.8, 4) is 10.4 Å². The molecule has 0 radical (unpaired) electrons. The summed E-state index contributed by atoms with van der Waals surface area (Å²) in [6, 6.07) is 6.64. The number of thiazole rings is 1. The van der Waals surface area contributed by atoms with Gasteiger partial charge in [0.05, 0.1) is 26.4 Å². The molecular weight excluding hydrogens is 484 g/mol. The number of nitrogens with one attached hydrogen (secondary N) is 1. The average Bonchev–Trinajstić information content (AvgIpc) is 3.43. The first kappa shape index (κ1) is 23.5. The van der Waals surface area contributed by atoms with Crippen LogP contribution >= 0.6 is 11.3 Å². The van der Waals surface area contributed by atoms with Gasteiger partial charge < -0.3 is 10.4 Å². The van der Waals surface area contributed by atoms with Gasteiger partial charge in [0.1, 0.15) is 5.82 Å². The summed E-state index contributed by atoms with van der Waals surface area (Å²) in [4.78, 5) is 30.1. The normalized spacial score (nSPS) is 17.0. The van der Waals surface area contributed by atoms with Gasteiger partial charge >= 0.3 is 12.1 Å². The lowest BCUT2D eigenvalue weighted by Gasteiger charge is -2.22. The third kappa shape index (κ3) is 4.31. The molecule has 5 rings (SSSR count). The molecule has 182 valence electrons. The minimum atomic E-state index is -4.69. The van der Waals surface area contributed by atoms with Crippen LogP contribution in [0.4, 0.5) is 23.2 Å². The second-order valence-corrected chi connectivity index (χ2v) is 10.0. The zero-order valence-corrected chi connectivity index (χ0v) is 19.1. The van der Waals surface area contributed by atoms with Crippen LogP contribution in [0.25, 0.3) is 10.4 Å². The molecule has 0 saturated heterocycles. The first-order chi connectivity index (χ1) is 16.6. The van der Waals surface area contributed by atoms with Crippen molar-refractivity contribution < 1.29 is 32.3 Å². The summed E-state index contributed by atoms with van der Waals surface area (Å²) in [5, 5.41) is 13.4. The fourth-order valence-corrected chi connectivity index (χ4v) is 5.47. The van der Waals surface area contributed by atoms with Gasteiger partial charge in [-0.05, 0) is 49.9 Å². The van der Waals surface area contributed by atoms with Gasteiger partial charge in [-0.2, -0.15) is 13.2 Å². The van der Waals surface area contributed by atoms with Crippen molar-refractivity contribution in [3.05, 3.63) is 70.1 Å². The molecule has 0 atom stereocenters. The molecule has 1 aromatic heterocycles. The predicted octanol–water partition coefficient (Wildman–Crippen LogP) is 6.60. The Morgan fingerprint density at radius 3 is 2.43 bits per heavy atom. The second kappa shape index (κ2) is 8.44. The summed E-state index contributed by atoms with van der Waals surface area (Å²) in [5.74, 6) is -2.45. The van der Waals surface area contributed by atoms with Crippen LogP contribution in [-0.2, 0) is 16.4 Å². The number of carbonyl (C=O) groups is 2. The SMILES string of the molecule is O=C(O)c1cc(NC(=O)C2(c3ccc(C(F)(F)F)cc3F)CC2)ccc1-c1cnc(C2CCC2)s1. The summed E-state index contributed by atoms with van der Waals surface area (Å²) in [5.41, 5.74) is -1.85. The van der Waals surface area contributed by atoms with E-state index in [2.05, 4.69) is 10.3 Å². The lowest BCUT2D eigenvalue weighted by atomic mass is 9.86. The van der Waals surface area contributed by atoms with Crippen molar-refractivity contribution in [3.63, 3.8) is 0 Å². The second-order valence-electron chi connectivity index (χ2n) is 8.98. The number of hydrogen-bond donors (Lipinski definition) is 2. The zero-order valence-electron chi connectivity index (χ0n) is 18.3. The molecular formula is C25H20F4N2O3S.